The van der Waals surface area contributed by atoms with Gasteiger partial charge in [-0.25, -0.2) is 0 Å². The van der Waals surface area contributed by atoms with Gasteiger partial charge in [-0.1, -0.05) is 0 Å². The van der Waals surface area contributed by atoms with E-state index in [-0.39, 0.29) is 23.7 Å². The number of likely N-dealkylation sites (tertiary alicyclic amines) is 1. The first-order chi connectivity index (χ1) is 13.0. The summed E-state index contributed by atoms with van der Waals surface area (Å²) in [6, 6.07) is 3.72. The van der Waals surface area contributed by atoms with Gasteiger partial charge in [-0.05, 0) is 44.7 Å². The second-order valence-electron chi connectivity index (χ2n) is 7.52. The van der Waals surface area contributed by atoms with Gasteiger partial charge >= 0.3 is 5.97 Å². The van der Waals surface area contributed by atoms with Crippen LogP contribution in [0.5, 0.6) is 0 Å². The smallest absolute Gasteiger partial charge is 0.310 e. The quantitative estimate of drug-likeness (QED) is 0.736. The van der Waals surface area contributed by atoms with E-state index in [2.05, 4.69) is 5.32 Å². The Bertz CT molecular complexity index is 672. The number of ether oxygens (including phenoxy) is 1. The molecular formula is C20H28N2O5. The third-order valence-corrected chi connectivity index (χ3v) is 5.54. The van der Waals surface area contributed by atoms with Gasteiger partial charge in [0.2, 0.25) is 11.8 Å². The van der Waals surface area contributed by atoms with Crippen molar-refractivity contribution in [3.05, 3.63) is 24.2 Å². The molecule has 3 heterocycles. The molecule has 0 aromatic carbocycles. The molecule has 2 fully saturated rings. The zero-order chi connectivity index (χ0) is 19.3. The van der Waals surface area contributed by atoms with Crippen LogP contribution in [0.25, 0.3) is 0 Å². The maximum Gasteiger partial charge on any atom is 0.310 e. The second kappa shape index (κ2) is 8.59. The Kier molecular flexibility index (Phi) is 6.19. The minimum Gasteiger partial charge on any atom is -0.469 e. The summed E-state index contributed by atoms with van der Waals surface area (Å²) in [6.45, 7) is 3.25. The standard InChI is InChI=1S/C20H28N2O5/c1-2-26-19(25)15-5-3-11-22(14-15)18(24)8-10-20(9-7-17(23)21-20)13-16-6-4-12-27-16/h4,6,12,15H,2-3,5,7-11,13-14H2,1H3,(H,21,23)/t15-,20-/m0/s1. The Hall–Kier alpha value is -2.31. The van der Waals surface area contributed by atoms with Gasteiger partial charge in [0.1, 0.15) is 5.76 Å². The van der Waals surface area contributed by atoms with E-state index in [1.807, 2.05) is 12.1 Å². The highest BCUT2D eigenvalue weighted by molar-refractivity contribution is 5.81. The molecule has 1 aromatic heterocycles. The van der Waals surface area contributed by atoms with Crippen LogP contribution in [-0.4, -0.2) is 47.9 Å². The molecule has 0 unspecified atom stereocenters. The van der Waals surface area contributed by atoms with E-state index >= 15 is 0 Å². The van der Waals surface area contributed by atoms with Crippen molar-refractivity contribution in [3.63, 3.8) is 0 Å². The maximum absolute atomic E-state index is 12.7. The fourth-order valence-electron chi connectivity index (χ4n) is 4.09. The van der Waals surface area contributed by atoms with Crippen molar-refractivity contribution >= 4 is 17.8 Å². The minimum atomic E-state index is -0.430. The van der Waals surface area contributed by atoms with E-state index < -0.39 is 5.54 Å². The fourth-order valence-corrected chi connectivity index (χ4v) is 4.09. The van der Waals surface area contributed by atoms with Gasteiger partial charge in [-0.3, -0.25) is 14.4 Å². The first-order valence-electron chi connectivity index (χ1n) is 9.79. The normalized spacial score (nSPS) is 25.3. The largest absolute Gasteiger partial charge is 0.469 e. The lowest BCUT2D eigenvalue weighted by molar-refractivity contribution is -0.151. The molecule has 0 saturated carbocycles. The lowest BCUT2D eigenvalue weighted by Gasteiger charge is -2.33. The van der Waals surface area contributed by atoms with E-state index in [1.165, 1.54) is 0 Å². The number of amides is 2. The van der Waals surface area contributed by atoms with Crippen LogP contribution in [0.2, 0.25) is 0 Å². The number of furan rings is 1. The summed E-state index contributed by atoms with van der Waals surface area (Å²) in [5.41, 5.74) is -0.430. The Balaban J connectivity index is 1.57. The molecule has 1 aromatic rings. The summed E-state index contributed by atoms with van der Waals surface area (Å²) in [4.78, 5) is 38.3. The van der Waals surface area contributed by atoms with Crippen molar-refractivity contribution in [2.75, 3.05) is 19.7 Å². The number of nitrogens with zero attached hydrogens (tertiary/aromatic N) is 1. The molecule has 2 amide bonds. The van der Waals surface area contributed by atoms with Crippen LogP contribution in [0, 0.1) is 5.92 Å². The molecule has 2 aliphatic rings. The van der Waals surface area contributed by atoms with E-state index in [1.54, 1.807) is 18.1 Å². The zero-order valence-corrected chi connectivity index (χ0v) is 15.9. The summed E-state index contributed by atoms with van der Waals surface area (Å²) in [7, 11) is 0. The van der Waals surface area contributed by atoms with Gasteiger partial charge in [0, 0.05) is 37.9 Å². The number of nitrogens with one attached hydrogen (secondary N) is 1. The van der Waals surface area contributed by atoms with E-state index in [4.69, 9.17) is 9.15 Å². The molecule has 1 N–H and O–H groups in total. The Morgan fingerprint density at radius 2 is 2.30 bits per heavy atom. The number of carbonyl (C=O) groups excluding carboxylic acids is 3. The molecule has 0 bridgehead atoms. The summed E-state index contributed by atoms with van der Waals surface area (Å²) in [5, 5.41) is 3.06. The molecule has 3 rings (SSSR count). The van der Waals surface area contributed by atoms with Crippen LogP contribution >= 0.6 is 0 Å². The first-order valence-corrected chi connectivity index (χ1v) is 9.79. The van der Waals surface area contributed by atoms with Crippen LogP contribution in [0.1, 0.15) is 51.2 Å². The van der Waals surface area contributed by atoms with E-state index in [0.29, 0.717) is 51.8 Å². The molecule has 2 aliphatic heterocycles. The van der Waals surface area contributed by atoms with Gasteiger partial charge in [0.05, 0.1) is 18.8 Å². The highest BCUT2D eigenvalue weighted by Gasteiger charge is 2.39. The SMILES string of the molecule is CCOC(=O)[C@H]1CCCN(C(=O)CC[C@]2(Cc3ccco3)CCC(=O)N2)C1. The van der Waals surface area contributed by atoms with E-state index in [0.717, 1.165) is 18.6 Å². The second-order valence-corrected chi connectivity index (χ2v) is 7.52. The number of hydrogen-bond acceptors (Lipinski definition) is 5. The highest BCUT2D eigenvalue weighted by Crippen LogP contribution is 2.30. The summed E-state index contributed by atoms with van der Waals surface area (Å²) in [5.74, 6) is 0.418. The molecular weight excluding hydrogens is 348 g/mol. The average molecular weight is 376 g/mol. The van der Waals surface area contributed by atoms with Gasteiger partial charge in [-0.15, -0.1) is 0 Å². The van der Waals surface area contributed by atoms with Crippen molar-refractivity contribution in [2.24, 2.45) is 5.92 Å². The third kappa shape index (κ3) is 4.90. The monoisotopic (exact) mass is 376 g/mol. The molecule has 0 radical (unpaired) electrons. The van der Waals surface area contributed by atoms with Gasteiger partial charge < -0.3 is 19.4 Å². The number of carbonyl (C=O) groups is 3. The zero-order valence-electron chi connectivity index (χ0n) is 15.9. The van der Waals surface area contributed by atoms with Gasteiger partial charge in [0.15, 0.2) is 0 Å². The molecule has 148 valence electrons. The topological polar surface area (TPSA) is 88.8 Å². The summed E-state index contributed by atoms with van der Waals surface area (Å²) < 4.78 is 10.5. The molecule has 2 saturated heterocycles. The van der Waals surface area contributed by atoms with Crippen molar-refractivity contribution in [3.8, 4) is 0 Å². The minimum absolute atomic E-state index is 0.0225. The van der Waals surface area contributed by atoms with Gasteiger partial charge in [-0.2, -0.15) is 0 Å². The van der Waals surface area contributed by atoms with Gasteiger partial charge in [0.25, 0.3) is 0 Å². The van der Waals surface area contributed by atoms with E-state index in [9.17, 15) is 14.4 Å². The highest BCUT2D eigenvalue weighted by atomic mass is 16.5. The van der Waals surface area contributed by atoms with Crippen molar-refractivity contribution in [2.45, 2.75) is 57.4 Å². The van der Waals surface area contributed by atoms with Crippen LogP contribution in [0.3, 0.4) is 0 Å². The Morgan fingerprint density at radius 1 is 1.44 bits per heavy atom. The fraction of sp³-hybridized carbons (Fsp3) is 0.650. The van der Waals surface area contributed by atoms with Crippen molar-refractivity contribution < 1.29 is 23.5 Å². The molecule has 0 spiro atoms. The predicted molar refractivity (Wildman–Crippen MR) is 97.7 cm³/mol. The number of esters is 1. The van der Waals surface area contributed by atoms with Crippen LogP contribution < -0.4 is 5.32 Å². The van der Waals surface area contributed by atoms with Crippen molar-refractivity contribution in [1.82, 2.24) is 10.2 Å². The number of rotatable bonds is 7. The first kappa shape index (κ1) is 19.5. The lowest BCUT2D eigenvalue weighted by atomic mass is 9.86. The summed E-state index contributed by atoms with van der Waals surface area (Å²) in [6.07, 6.45) is 5.87. The van der Waals surface area contributed by atoms with Crippen LogP contribution in [0.4, 0.5) is 0 Å². The van der Waals surface area contributed by atoms with Crippen LogP contribution in [-0.2, 0) is 25.5 Å². The van der Waals surface area contributed by atoms with Crippen molar-refractivity contribution in [1.29, 1.82) is 0 Å². The summed E-state index contributed by atoms with van der Waals surface area (Å²) >= 11 is 0. The molecule has 27 heavy (non-hydrogen) atoms. The Morgan fingerprint density at radius 3 is 2.96 bits per heavy atom. The predicted octanol–water partition coefficient (Wildman–Crippen LogP) is 2.05. The number of piperidine rings is 1. The lowest BCUT2D eigenvalue weighted by Crippen LogP contribution is -2.46. The Labute approximate surface area is 159 Å². The third-order valence-electron chi connectivity index (χ3n) is 5.54. The molecule has 7 nitrogen and oxygen atoms in total. The molecule has 0 aliphatic carbocycles. The average Bonchev–Trinajstić information content (AvgIpc) is 3.30. The number of hydrogen-bond donors (Lipinski definition) is 1. The molecule has 7 heteroatoms. The maximum atomic E-state index is 12.7. The molecule has 2 atom stereocenters. The van der Waals surface area contributed by atoms with Crippen LogP contribution in [0.15, 0.2) is 22.8 Å².